The third-order valence-corrected chi connectivity index (χ3v) is 3.89. The van der Waals surface area contributed by atoms with Crippen molar-refractivity contribution in [3.05, 3.63) is 16.5 Å². The van der Waals surface area contributed by atoms with E-state index in [1.807, 2.05) is 13.0 Å². The van der Waals surface area contributed by atoms with Gasteiger partial charge in [-0.25, -0.2) is 4.68 Å². The van der Waals surface area contributed by atoms with Crippen LogP contribution in [0.2, 0.25) is 4.34 Å². The Hall–Kier alpha value is -1.47. The van der Waals surface area contributed by atoms with Crippen LogP contribution in [-0.4, -0.2) is 31.3 Å². The van der Waals surface area contributed by atoms with E-state index in [1.54, 1.807) is 10.7 Å². The average Bonchev–Trinajstić information content (AvgIpc) is 2.95. The molecule has 0 aliphatic heterocycles. The molecule has 0 fully saturated rings. The van der Waals surface area contributed by atoms with Gasteiger partial charge in [0.1, 0.15) is 0 Å². The van der Waals surface area contributed by atoms with Crippen LogP contribution in [0.4, 0.5) is 0 Å². The number of carboxylic acid groups (broad SMARTS) is 1. The van der Waals surface area contributed by atoms with Crippen molar-refractivity contribution in [2.75, 3.05) is 0 Å². The van der Waals surface area contributed by atoms with Crippen LogP contribution in [0, 0.1) is 0 Å². The van der Waals surface area contributed by atoms with Crippen molar-refractivity contribution in [1.29, 1.82) is 0 Å². The van der Waals surface area contributed by atoms with Crippen LogP contribution in [0.1, 0.15) is 32.2 Å². The number of halogens is 1. The number of nitrogens with zero attached hydrogens (tertiary/aromatic N) is 4. The molecule has 0 aliphatic rings. The summed E-state index contributed by atoms with van der Waals surface area (Å²) in [6.45, 7) is 2.00. The molecule has 0 saturated heterocycles. The molecule has 1 unspecified atom stereocenters. The van der Waals surface area contributed by atoms with Crippen LogP contribution in [0.15, 0.2) is 12.1 Å². The Balaban J connectivity index is 2.33. The Labute approximate surface area is 119 Å². The number of hydrogen-bond donors (Lipinski definition) is 1. The lowest BCUT2D eigenvalue weighted by Crippen LogP contribution is -2.16. The molecule has 1 atom stereocenters. The minimum Gasteiger partial charge on any atom is -0.481 e. The first-order chi connectivity index (χ1) is 9.11. The molecule has 19 heavy (non-hydrogen) atoms. The molecule has 0 radical (unpaired) electrons. The summed E-state index contributed by atoms with van der Waals surface area (Å²) in [4.78, 5) is 11.8. The molecule has 0 spiro atoms. The summed E-state index contributed by atoms with van der Waals surface area (Å²) in [5, 5.41) is 20.5. The minimum absolute atomic E-state index is 0.00495. The van der Waals surface area contributed by atoms with Crippen molar-refractivity contribution in [1.82, 2.24) is 20.2 Å². The molecule has 1 N–H and O–H groups in total. The van der Waals surface area contributed by atoms with Crippen LogP contribution in [0.3, 0.4) is 0 Å². The summed E-state index contributed by atoms with van der Waals surface area (Å²) in [5.41, 5.74) is 0. The molecule has 102 valence electrons. The maximum absolute atomic E-state index is 10.9. The first-order valence-electron chi connectivity index (χ1n) is 5.87. The molecule has 2 heterocycles. The van der Waals surface area contributed by atoms with E-state index in [0.29, 0.717) is 16.6 Å². The number of tetrazole rings is 1. The lowest BCUT2D eigenvalue weighted by atomic mass is 10.1. The van der Waals surface area contributed by atoms with Gasteiger partial charge in [-0.2, -0.15) is 0 Å². The van der Waals surface area contributed by atoms with Crippen molar-refractivity contribution >= 4 is 28.9 Å². The normalized spacial score (nSPS) is 12.5. The molecular formula is C11H13ClN4O2S. The van der Waals surface area contributed by atoms with Gasteiger partial charge in [-0.3, -0.25) is 4.79 Å². The number of rotatable bonds is 6. The zero-order valence-electron chi connectivity index (χ0n) is 10.3. The molecule has 8 heteroatoms. The highest BCUT2D eigenvalue weighted by atomic mass is 35.5. The van der Waals surface area contributed by atoms with Crippen molar-refractivity contribution in [2.45, 2.75) is 32.2 Å². The van der Waals surface area contributed by atoms with Crippen molar-refractivity contribution in [3.8, 4) is 10.7 Å². The smallest absolute Gasteiger partial charge is 0.305 e. The highest BCUT2D eigenvalue weighted by molar-refractivity contribution is 7.19. The fraction of sp³-hybridized carbons (Fsp3) is 0.455. The fourth-order valence-corrected chi connectivity index (χ4v) is 2.90. The number of carbonyl (C=O) groups is 1. The van der Waals surface area contributed by atoms with E-state index in [0.717, 1.165) is 11.3 Å². The molecule has 0 aliphatic carbocycles. The van der Waals surface area contributed by atoms with E-state index in [2.05, 4.69) is 15.5 Å². The molecule has 0 aromatic carbocycles. The zero-order chi connectivity index (χ0) is 13.8. The molecule has 2 aromatic rings. The maximum atomic E-state index is 10.9. The van der Waals surface area contributed by atoms with Crippen LogP contribution in [0.5, 0.6) is 0 Å². The van der Waals surface area contributed by atoms with E-state index < -0.39 is 5.97 Å². The van der Waals surface area contributed by atoms with Crippen molar-refractivity contribution in [2.24, 2.45) is 0 Å². The Morgan fingerprint density at radius 1 is 1.58 bits per heavy atom. The molecular weight excluding hydrogens is 288 g/mol. The van der Waals surface area contributed by atoms with Crippen molar-refractivity contribution < 1.29 is 9.90 Å². The summed E-state index contributed by atoms with van der Waals surface area (Å²) >= 11 is 7.27. The lowest BCUT2D eigenvalue weighted by Gasteiger charge is -2.14. The molecule has 2 rings (SSSR count). The van der Waals surface area contributed by atoms with Gasteiger partial charge in [0.2, 0.25) is 0 Å². The maximum Gasteiger partial charge on any atom is 0.305 e. The number of aliphatic carboxylic acids is 1. The van der Waals surface area contributed by atoms with Crippen LogP contribution < -0.4 is 0 Å². The van der Waals surface area contributed by atoms with E-state index in [9.17, 15) is 4.79 Å². The fourth-order valence-electron chi connectivity index (χ4n) is 1.88. The second kappa shape index (κ2) is 6.12. The zero-order valence-corrected chi connectivity index (χ0v) is 11.9. The predicted octanol–water partition coefficient (Wildman–Crippen LogP) is 2.87. The standard InChI is InChI=1S/C11H13ClN4O2S/c1-2-3-7(6-10(17)18)16-11(13-14-15-16)8-4-5-9(12)19-8/h4-5,7H,2-3,6H2,1H3,(H,17,18). The Kier molecular flexibility index (Phi) is 4.49. The van der Waals surface area contributed by atoms with E-state index in [4.69, 9.17) is 16.7 Å². The SMILES string of the molecule is CCCC(CC(=O)O)n1nnnc1-c1ccc(Cl)s1. The minimum atomic E-state index is -0.857. The predicted molar refractivity (Wildman–Crippen MR) is 72.3 cm³/mol. The molecule has 0 saturated carbocycles. The second-order valence-electron chi connectivity index (χ2n) is 4.09. The number of carboxylic acids is 1. The van der Waals surface area contributed by atoms with Crippen LogP contribution in [-0.2, 0) is 4.79 Å². The molecule has 0 bridgehead atoms. The van der Waals surface area contributed by atoms with Gasteiger partial charge in [0.05, 0.1) is 21.7 Å². The first kappa shape index (κ1) is 14.0. The summed E-state index contributed by atoms with van der Waals surface area (Å²) in [5.74, 6) is -0.291. The van der Waals surface area contributed by atoms with Gasteiger partial charge < -0.3 is 5.11 Å². The van der Waals surface area contributed by atoms with Gasteiger partial charge in [0.15, 0.2) is 5.82 Å². The van der Waals surface area contributed by atoms with Crippen LogP contribution in [0.25, 0.3) is 10.7 Å². The van der Waals surface area contributed by atoms with E-state index in [-0.39, 0.29) is 12.5 Å². The van der Waals surface area contributed by atoms with Crippen LogP contribution >= 0.6 is 22.9 Å². The largest absolute Gasteiger partial charge is 0.481 e. The van der Waals surface area contributed by atoms with Crippen molar-refractivity contribution in [3.63, 3.8) is 0 Å². The van der Waals surface area contributed by atoms with Gasteiger partial charge in [-0.05, 0) is 29.0 Å². The Morgan fingerprint density at radius 2 is 2.37 bits per heavy atom. The highest BCUT2D eigenvalue weighted by Crippen LogP contribution is 2.31. The second-order valence-corrected chi connectivity index (χ2v) is 5.81. The summed E-state index contributed by atoms with van der Waals surface area (Å²) < 4.78 is 2.23. The molecule has 0 amide bonds. The Morgan fingerprint density at radius 3 is 2.95 bits per heavy atom. The van der Waals surface area contributed by atoms with E-state index >= 15 is 0 Å². The summed E-state index contributed by atoms with van der Waals surface area (Å²) in [7, 11) is 0. The molecule has 6 nitrogen and oxygen atoms in total. The summed E-state index contributed by atoms with van der Waals surface area (Å²) in [6, 6.07) is 3.36. The number of thiophene rings is 1. The van der Waals surface area contributed by atoms with Gasteiger partial charge in [0.25, 0.3) is 0 Å². The monoisotopic (exact) mass is 300 g/mol. The number of aromatic nitrogens is 4. The first-order valence-corrected chi connectivity index (χ1v) is 7.06. The van der Waals surface area contributed by atoms with Gasteiger partial charge in [-0.15, -0.1) is 16.4 Å². The quantitative estimate of drug-likeness (QED) is 0.887. The topological polar surface area (TPSA) is 80.9 Å². The third kappa shape index (κ3) is 3.30. The number of hydrogen-bond acceptors (Lipinski definition) is 5. The van der Waals surface area contributed by atoms with Gasteiger partial charge in [0, 0.05) is 0 Å². The summed E-state index contributed by atoms with van der Waals surface area (Å²) in [6.07, 6.45) is 1.58. The lowest BCUT2D eigenvalue weighted by molar-refractivity contribution is -0.138. The third-order valence-electron chi connectivity index (χ3n) is 2.66. The average molecular weight is 301 g/mol. The van der Waals surface area contributed by atoms with E-state index in [1.165, 1.54) is 11.3 Å². The molecule has 2 aromatic heterocycles. The highest BCUT2D eigenvalue weighted by Gasteiger charge is 2.21. The Bertz CT molecular complexity index is 569. The van der Waals surface area contributed by atoms with Gasteiger partial charge in [-0.1, -0.05) is 24.9 Å². The van der Waals surface area contributed by atoms with Gasteiger partial charge >= 0.3 is 5.97 Å².